The molecule has 0 aliphatic carbocycles. The van der Waals surface area contributed by atoms with Crippen LogP contribution < -0.4 is 5.73 Å². The first-order valence-corrected chi connectivity index (χ1v) is 6.51. The van der Waals surface area contributed by atoms with Gasteiger partial charge >= 0.3 is 0 Å². The number of hydrogen-bond acceptors (Lipinski definition) is 4. The van der Waals surface area contributed by atoms with Crippen LogP contribution in [0.5, 0.6) is 0 Å². The largest absolute Gasteiger partial charge is 0.396 e. The molecule has 18 heavy (non-hydrogen) atoms. The van der Waals surface area contributed by atoms with Crippen LogP contribution in [0.4, 0.5) is 5.69 Å². The molecule has 96 valence electrons. The molecule has 1 atom stereocenters. The van der Waals surface area contributed by atoms with Gasteiger partial charge in [0.15, 0.2) is 5.65 Å². The normalized spacial score (nSPS) is 21.2. The average Bonchev–Trinajstić information content (AvgIpc) is 2.92. The number of nitrogens with two attached hydrogens (primary N) is 1. The Labute approximate surface area is 107 Å². The molecule has 3 heterocycles. The Morgan fingerprint density at radius 2 is 2.22 bits per heavy atom. The van der Waals surface area contributed by atoms with E-state index in [1.54, 1.807) is 10.7 Å². The summed E-state index contributed by atoms with van der Waals surface area (Å²) in [4.78, 5) is 6.95. The molecule has 0 amide bonds. The molecule has 0 aromatic carbocycles. The number of rotatable bonds is 2. The molecule has 3 rings (SSSR count). The maximum absolute atomic E-state index is 5.73. The van der Waals surface area contributed by atoms with E-state index in [-0.39, 0.29) is 0 Å². The summed E-state index contributed by atoms with van der Waals surface area (Å²) < 4.78 is 1.78. The van der Waals surface area contributed by atoms with Crippen molar-refractivity contribution in [3.8, 4) is 0 Å². The van der Waals surface area contributed by atoms with Crippen molar-refractivity contribution in [2.24, 2.45) is 0 Å². The SMILES string of the molecule is CC(C)N1CCCC1c1cnn2cc(N)cnc12. The van der Waals surface area contributed by atoms with Gasteiger partial charge in [0.05, 0.1) is 24.3 Å². The van der Waals surface area contributed by atoms with Gasteiger partial charge in [-0.1, -0.05) is 0 Å². The fourth-order valence-corrected chi connectivity index (χ4v) is 2.88. The predicted molar refractivity (Wildman–Crippen MR) is 71.2 cm³/mol. The van der Waals surface area contributed by atoms with Crippen molar-refractivity contribution in [1.82, 2.24) is 19.5 Å². The first-order chi connectivity index (χ1) is 8.66. The molecule has 1 saturated heterocycles. The van der Waals surface area contributed by atoms with Crippen molar-refractivity contribution in [2.45, 2.75) is 38.8 Å². The van der Waals surface area contributed by atoms with Gasteiger partial charge in [-0.25, -0.2) is 9.50 Å². The van der Waals surface area contributed by atoms with Crippen molar-refractivity contribution in [1.29, 1.82) is 0 Å². The Hall–Kier alpha value is -1.62. The van der Waals surface area contributed by atoms with Gasteiger partial charge in [0.25, 0.3) is 0 Å². The Kier molecular flexibility index (Phi) is 2.70. The molecule has 1 unspecified atom stereocenters. The molecule has 1 fully saturated rings. The minimum Gasteiger partial charge on any atom is -0.396 e. The van der Waals surface area contributed by atoms with Crippen LogP contribution in [0.15, 0.2) is 18.6 Å². The summed E-state index contributed by atoms with van der Waals surface area (Å²) in [5.74, 6) is 0. The van der Waals surface area contributed by atoms with Gasteiger partial charge in [0, 0.05) is 17.6 Å². The predicted octanol–water partition coefficient (Wildman–Crippen LogP) is 1.86. The van der Waals surface area contributed by atoms with Crippen molar-refractivity contribution in [3.63, 3.8) is 0 Å². The van der Waals surface area contributed by atoms with E-state index < -0.39 is 0 Å². The third-order valence-corrected chi connectivity index (χ3v) is 3.72. The van der Waals surface area contributed by atoms with Gasteiger partial charge in [0.2, 0.25) is 0 Å². The second-order valence-electron chi connectivity index (χ2n) is 5.24. The third kappa shape index (κ3) is 1.75. The summed E-state index contributed by atoms with van der Waals surface area (Å²) >= 11 is 0. The van der Waals surface area contributed by atoms with E-state index in [4.69, 9.17) is 5.73 Å². The van der Waals surface area contributed by atoms with Gasteiger partial charge in [-0.15, -0.1) is 0 Å². The van der Waals surface area contributed by atoms with E-state index >= 15 is 0 Å². The zero-order valence-corrected chi connectivity index (χ0v) is 10.9. The molecule has 5 heteroatoms. The molecule has 1 aliphatic heterocycles. The van der Waals surface area contributed by atoms with Gasteiger partial charge in [-0.2, -0.15) is 5.10 Å². The number of nitrogens with zero attached hydrogens (tertiary/aromatic N) is 4. The molecule has 5 nitrogen and oxygen atoms in total. The van der Waals surface area contributed by atoms with Gasteiger partial charge in [-0.3, -0.25) is 4.90 Å². The second kappa shape index (κ2) is 4.24. The van der Waals surface area contributed by atoms with Crippen molar-refractivity contribution in [2.75, 3.05) is 12.3 Å². The second-order valence-corrected chi connectivity index (χ2v) is 5.24. The number of nitrogen functional groups attached to an aromatic ring is 1. The zero-order chi connectivity index (χ0) is 12.7. The van der Waals surface area contributed by atoms with Crippen LogP contribution >= 0.6 is 0 Å². The molecule has 0 saturated carbocycles. The summed E-state index contributed by atoms with van der Waals surface area (Å²) in [7, 11) is 0. The van der Waals surface area contributed by atoms with E-state index in [0.29, 0.717) is 17.8 Å². The van der Waals surface area contributed by atoms with E-state index in [0.717, 1.165) is 12.2 Å². The Morgan fingerprint density at radius 1 is 1.39 bits per heavy atom. The van der Waals surface area contributed by atoms with Gasteiger partial charge in [0.1, 0.15) is 0 Å². The van der Waals surface area contributed by atoms with Crippen molar-refractivity contribution in [3.05, 3.63) is 24.2 Å². The number of anilines is 1. The first-order valence-electron chi connectivity index (χ1n) is 6.51. The zero-order valence-electron chi connectivity index (χ0n) is 10.9. The Balaban J connectivity index is 2.04. The topological polar surface area (TPSA) is 59.5 Å². The van der Waals surface area contributed by atoms with Crippen LogP contribution in [0.25, 0.3) is 5.65 Å². The smallest absolute Gasteiger partial charge is 0.159 e. The number of fused-ring (bicyclic) bond motifs is 1. The highest BCUT2D eigenvalue weighted by atomic mass is 15.3. The molecule has 2 aromatic rings. The van der Waals surface area contributed by atoms with Crippen LogP contribution in [0.1, 0.15) is 38.3 Å². The molecule has 2 N–H and O–H groups in total. The lowest BCUT2D eigenvalue weighted by Gasteiger charge is -2.27. The number of likely N-dealkylation sites (tertiary alicyclic amines) is 1. The molecular weight excluding hydrogens is 226 g/mol. The summed E-state index contributed by atoms with van der Waals surface area (Å²) in [6.45, 7) is 5.65. The molecule has 0 bridgehead atoms. The lowest BCUT2D eigenvalue weighted by molar-refractivity contribution is 0.206. The van der Waals surface area contributed by atoms with E-state index in [9.17, 15) is 0 Å². The highest BCUT2D eigenvalue weighted by Gasteiger charge is 2.30. The minimum atomic E-state index is 0.443. The fourth-order valence-electron chi connectivity index (χ4n) is 2.88. The quantitative estimate of drug-likeness (QED) is 0.877. The lowest BCUT2D eigenvalue weighted by atomic mass is 10.1. The van der Waals surface area contributed by atoms with E-state index in [2.05, 4.69) is 28.8 Å². The maximum Gasteiger partial charge on any atom is 0.159 e. The monoisotopic (exact) mass is 245 g/mol. The molecular formula is C13H19N5. The Bertz CT molecular complexity index is 560. The van der Waals surface area contributed by atoms with Crippen LogP contribution in [0, 0.1) is 0 Å². The summed E-state index contributed by atoms with van der Waals surface area (Å²) in [6, 6.07) is 1.000. The van der Waals surface area contributed by atoms with Crippen LogP contribution in [0.2, 0.25) is 0 Å². The molecule has 2 aromatic heterocycles. The van der Waals surface area contributed by atoms with E-state index in [1.165, 1.54) is 18.4 Å². The third-order valence-electron chi connectivity index (χ3n) is 3.72. The van der Waals surface area contributed by atoms with Gasteiger partial charge < -0.3 is 5.73 Å². The Morgan fingerprint density at radius 3 is 3.00 bits per heavy atom. The highest BCUT2D eigenvalue weighted by molar-refractivity contribution is 5.51. The van der Waals surface area contributed by atoms with Crippen molar-refractivity contribution >= 4 is 11.3 Å². The summed E-state index contributed by atoms with van der Waals surface area (Å²) in [5, 5.41) is 4.37. The minimum absolute atomic E-state index is 0.443. The van der Waals surface area contributed by atoms with Crippen LogP contribution in [0.3, 0.4) is 0 Å². The highest BCUT2D eigenvalue weighted by Crippen LogP contribution is 2.34. The first kappa shape index (κ1) is 11.5. The molecule has 0 spiro atoms. The number of hydrogen-bond donors (Lipinski definition) is 1. The van der Waals surface area contributed by atoms with Crippen LogP contribution in [-0.4, -0.2) is 32.1 Å². The molecule has 1 aliphatic rings. The fraction of sp³-hybridized carbons (Fsp3) is 0.538. The summed E-state index contributed by atoms with van der Waals surface area (Å²) in [5.41, 5.74) is 8.53. The van der Waals surface area contributed by atoms with Crippen LogP contribution in [-0.2, 0) is 0 Å². The average molecular weight is 245 g/mol. The number of aromatic nitrogens is 3. The van der Waals surface area contributed by atoms with Gasteiger partial charge in [-0.05, 0) is 33.2 Å². The summed E-state index contributed by atoms with van der Waals surface area (Å²) in [6.07, 6.45) is 7.89. The standard InChI is InChI=1S/C13H19N5/c1-9(2)17-5-3-4-12(17)11-7-16-18-8-10(14)6-15-13(11)18/h6-9,12H,3-5,14H2,1-2H3. The molecule has 0 radical (unpaired) electrons. The lowest BCUT2D eigenvalue weighted by Crippen LogP contribution is -2.30. The van der Waals surface area contributed by atoms with Crippen molar-refractivity contribution < 1.29 is 0 Å². The van der Waals surface area contributed by atoms with E-state index in [1.807, 2.05) is 12.4 Å². The maximum atomic E-state index is 5.73.